The molecule has 0 aliphatic carbocycles. The SMILES string of the molecule is CCCCCCCCCCCCCCCCCC(=O)Oc1c2ccccc2cc2ccccc12. The van der Waals surface area contributed by atoms with Crippen molar-refractivity contribution in [1.82, 2.24) is 0 Å². The van der Waals surface area contributed by atoms with Gasteiger partial charge in [0.1, 0.15) is 5.75 Å². The molecule has 184 valence electrons. The number of carbonyl (C=O) groups is 1. The molecule has 0 saturated carbocycles. The predicted octanol–water partition coefficient (Wildman–Crippen LogP) is 10.2. The Morgan fingerprint density at radius 2 is 1.00 bits per heavy atom. The molecule has 0 aliphatic rings. The number of unbranched alkanes of at least 4 members (excludes halogenated alkanes) is 14. The zero-order valence-electron chi connectivity index (χ0n) is 21.3. The van der Waals surface area contributed by atoms with Crippen LogP contribution >= 0.6 is 0 Å². The quantitative estimate of drug-likeness (QED) is 0.0866. The fourth-order valence-corrected chi connectivity index (χ4v) is 4.89. The largest absolute Gasteiger partial charge is 0.425 e. The van der Waals surface area contributed by atoms with Crippen molar-refractivity contribution in [2.45, 2.75) is 110 Å². The molecule has 2 heteroatoms. The zero-order chi connectivity index (χ0) is 23.8. The average Bonchev–Trinajstić information content (AvgIpc) is 2.86. The minimum absolute atomic E-state index is 0.115. The molecular formula is C32H44O2. The molecule has 2 nitrogen and oxygen atoms in total. The van der Waals surface area contributed by atoms with E-state index >= 15 is 0 Å². The number of carbonyl (C=O) groups excluding carboxylic acids is 1. The Bertz CT molecular complexity index is 937. The molecule has 0 aliphatic heterocycles. The van der Waals surface area contributed by atoms with Crippen LogP contribution in [0.25, 0.3) is 21.5 Å². The van der Waals surface area contributed by atoms with E-state index in [9.17, 15) is 4.79 Å². The molecule has 0 N–H and O–H groups in total. The van der Waals surface area contributed by atoms with Gasteiger partial charge in [-0.2, -0.15) is 0 Å². The monoisotopic (exact) mass is 460 g/mol. The first-order chi connectivity index (χ1) is 16.8. The lowest BCUT2D eigenvalue weighted by molar-refractivity contribution is -0.134. The Morgan fingerprint density at radius 1 is 0.588 bits per heavy atom. The fraction of sp³-hybridized carbons (Fsp3) is 0.531. The molecule has 0 radical (unpaired) electrons. The molecule has 0 saturated heterocycles. The number of benzene rings is 3. The molecule has 0 fully saturated rings. The molecule has 3 aromatic carbocycles. The average molecular weight is 461 g/mol. The summed E-state index contributed by atoms with van der Waals surface area (Å²) < 4.78 is 5.92. The van der Waals surface area contributed by atoms with Gasteiger partial charge in [0.15, 0.2) is 0 Å². The predicted molar refractivity (Wildman–Crippen MR) is 147 cm³/mol. The van der Waals surface area contributed by atoms with Gasteiger partial charge in [0, 0.05) is 17.2 Å². The molecule has 0 amide bonds. The highest BCUT2D eigenvalue weighted by Gasteiger charge is 2.12. The van der Waals surface area contributed by atoms with Gasteiger partial charge < -0.3 is 4.74 Å². The summed E-state index contributed by atoms with van der Waals surface area (Å²) in [6.07, 6.45) is 20.4. The van der Waals surface area contributed by atoms with E-state index in [2.05, 4.69) is 25.1 Å². The molecule has 0 bridgehead atoms. The van der Waals surface area contributed by atoms with Crippen LogP contribution in [-0.2, 0) is 4.79 Å². The summed E-state index contributed by atoms with van der Waals surface area (Å²) in [5, 5.41) is 4.23. The molecular weight excluding hydrogens is 416 g/mol. The van der Waals surface area contributed by atoms with Crippen molar-refractivity contribution < 1.29 is 9.53 Å². The molecule has 0 spiro atoms. The van der Waals surface area contributed by atoms with E-state index in [0.717, 1.165) is 34.4 Å². The van der Waals surface area contributed by atoms with E-state index < -0.39 is 0 Å². The fourth-order valence-electron chi connectivity index (χ4n) is 4.89. The van der Waals surface area contributed by atoms with Gasteiger partial charge in [-0.25, -0.2) is 0 Å². The molecule has 0 atom stereocenters. The van der Waals surface area contributed by atoms with Crippen molar-refractivity contribution in [3.8, 4) is 5.75 Å². The first-order valence-corrected chi connectivity index (χ1v) is 13.9. The standard InChI is InChI=1S/C32H44O2/c1-2-3-4-5-6-7-8-9-10-11-12-13-14-15-16-25-31(33)34-32-29-23-19-17-21-27(29)26-28-22-18-20-24-30(28)32/h17-24,26H,2-16,25H2,1H3. The lowest BCUT2D eigenvalue weighted by Crippen LogP contribution is -2.08. The first kappa shape index (κ1) is 26.3. The third-order valence-electron chi connectivity index (χ3n) is 6.92. The van der Waals surface area contributed by atoms with Gasteiger partial charge in [-0.3, -0.25) is 4.79 Å². The van der Waals surface area contributed by atoms with Crippen LogP contribution in [0.5, 0.6) is 5.75 Å². The van der Waals surface area contributed by atoms with Crippen LogP contribution in [0.15, 0.2) is 54.6 Å². The van der Waals surface area contributed by atoms with Gasteiger partial charge in [-0.15, -0.1) is 0 Å². The third-order valence-corrected chi connectivity index (χ3v) is 6.92. The number of rotatable bonds is 17. The van der Waals surface area contributed by atoms with E-state index in [1.54, 1.807) is 0 Å². The highest BCUT2D eigenvalue weighted by molar-refractivity contribution is 6.06. The van der Waals surface area contributed by atoms with Crippen LogP contribution in [0.4, 0.5) is 0 Å². The maximum Gasteiger partial charge on any atom is 0.311 e. The van der Waals surface area contributed by atoms with E-state index in [0.29, 0.717) is 12.2 Å². The van der Waals surface area contributed by atoms with Gasteiger partial charge >= 0.3 is 5.97 Å². The van der Waals surface area contributed by atoms with Crippen LogP contribution in [0.3, 0.4) is 0 Å². The Morgan fingerprint density at radius 3 is 1.47 bits per heavy atom. The summed E-state index contributed by atoms with van der Waals surface area (Å²) in [4.78, 5) is 12.6. The Labute approximate surface area is 207 Å². The van der Waals surface area contributed by atoms with E-state index in [1.807, 2.05) is 36.4 Å². The van der Waals surface area contributed by atoms with Crippen LogP contribution in [-0.4, -0.2) is 5.97 Å². The van der Waals surface area contributed by atoms with Crippen molar-refractivity contribution >= 4 is 27.5 Å². The van der Waals surface area contributed by atoms with Gasteiger partial charge in [0.05, 0.1) is 0 Å². The minimum Gasteiger partial charge on any atom is -0.425 e. The van der Waals surface area contributed by atoms with Crippen molar-refractivity contribution in [2.24, 2.45) is 0 Å². The van der Waals surface area contributed by atoms with Crippen LogP contribution in [0, 0.1) is 0 Å². The van der Waals surface area contributed by atoms with Crippen molar-refractivity contribution in [3.63, 3.8) is 0 Å². The van der Waals surface area contributed by atoms with Gasteiger partial charge in [-0.1, -0.05) is 145 Å². The Balaban J connectivity index is 1.27. The topological polar surface area (TPSA) is 26.3 Å². The lowest BCUT2D eigenvalue weighted by atomic mass is 10.0. The Hall–Kier alpha value is -2.35. The molecule has 0 aromatic heterocycles. The van der Waals surface area contributed by atoms with E-state index in [4.69, 9.17) is 4.74 Å². The summed E-state index contributed by atoms with van der Waals surface area (Å²) in [5.74, 6) is 0.593. The molecule has 3 aromatic rings. The molecule has 0 unspecified atom stereocenters. The molecule has 34 heavy (non-hydrogen) atoms. The second kappa shape index (κ2) is 15.5. The number of hydrogen-bond donors (Lipinski definition) is 0. The number of ether oxygens (including phenoxy) is 1. The van der Waals surface area contributed by atoms with Crippen LogP contribution in [0.2, 0.25) is 0 Å². The van der Waals surface area contributed by atoms with Crippen molar-refractivity contribution in [2.75, 3.05) is 0 Å². The first-order valence-electron chi connectivity index (χ1n) is 13.9. The van der Waals surface area contributed by atoms with Crippen molar-refractivity contribution in [1.29, 1.82) is 0 Å². The zero-order valence-corrected chi connectivity index (χ0v) is 21.3. The van der Waals surface area contributed by atoms with Crippen LogP contribution in [0.1, 0.15) is 110 Å². The number of hydrogen-bond acceptors (Lipinski definition) is 2. The lowest BCUT2D eigenvalue weighted by Gasteiger charge is -2.12. The minimum atomic E-state index is -0.115. The van der Waals surface area contributed by atoms with Crippen LogP contribution < -0.4 is 4.74 Å². The maximum absolute atomic E-state index is 12.6. The number of fused-ring (bicyclic) bond motifs is 2. The summed E-state index contributed by atoms with van der Waals surface area (Å²) in [5.41, 5.74) is 0. The molecule has 0 heterocycles. The highest BCUT2D eigenvalue weighted by atomic mass is 16.5. The second-order valence-corrected chi connectivity index (χ2v) is 9.82. The summed E-state index contributed by atoms with van der Waals surface area (Å²) in [6, 6.07) is 18.5. The highest BCUT2D eigenvalue weighted by Crippen LogP contribution is 2.35. The summed E-state index contributed by atoms with van der Waals surface area (Å²) in [7, 11) is 0. The summed E-state index contributed by atoms with van der Waals surface area (Å²) >= 11 is 0. The maximum atomic E-state index is 12.6. The van der Waals surface area contributed by atoms with E-state index in [-0.39, 0.29) is 5.97 Å². The normalized spacial score (nSPS) is 11.3. The van der Waals surface area contributed by atoms with E-state index in [1.165, 1.54) is 83.5 Å². The summed E-state index contributed by atoms with van der Waals surface area (Å²) in [6.45, 7) is 2.28. The smallest absolute Gasteiger partial charge is 0.311 e. The third kappa shape index (κ3) is 8.78. The second-order valence-electron chi connectivity index (χ2n) is 9.82. The molecule has 3 rings (SSSR count). The van der Waals surface area contributed by atoms with Gasteiger partial charge in [-0.05, 0) is 23.3 Å². The van der Waals surface area contributed by atoms with Crippen molar-refractivity contribution in [3.05, 3.63) is 54.6 Å². The van der Waals surface area contributed by atoms with Gasteiger partial charge in [0.25, 0.3) is 0 Å². The Kier molecular flexibility index (Phi) is 12.0. The van der Waals surface area contributed by atoms with Gasteiger partial charge in [0.2, 0.25) is 0 Å². The number of esters is 1.